The maximum absolute atomic E-state index is 2.64. The van der Waals surface area contributed by atoms with Gasteiger partial charge >= 0.3 is 0 Å². The molecule has 0 heterocycles. The van der Waals surface area contributed by atoms with Crippen LogP contribution in [0.25, 0.3) is 0 Å². The molecule has 0 heteroatoms. The van der Waals surface area contributed by atoms with Crippen molar-refractivity contribution in [1.82, 2.24) is 0 Å². The van der Waals surface area contributed by atoms with Crippen molar-refractivity contribution < 1.29 is 0 Å². The highest BCUT2D eigenvalue weighted by Crippen LogP contribution is 2.64. The number of allylic oxidation sites excluding steroid dienone is 2. The van der Waals surface area contributed by atoms with Crippen molar-refractivity contribution in [3.63, 3.8) is 0 Å². The summed E-state index contributed by atoms with van der Waals surface area (Å²) in [4.78, 5) is 0. The van der Waals surface area contributed by atoms with Crippen LogP contribution in [0.2, 0.25) is 0 Å². The van der Waals surface area contributed by atoms with Crippen LogP contribution in [0.5, 0.6) is 0 Å². The second-order valence-corrected chi connectivity index (χ2v) is 9.49. The van der Waals surface area contributed by atoms with Crippen LogP contribution >= 0.6 is 0 Å². The van der Waals surface area contributed by atoms with Crippen LogP contribution < -0.4 is 0 Å². The van der Waals surface area contributed by atoms with Crippen LogP contribution in [0, 0.1) is 40.9 Å². The molecule has 0 aliphatic heterocycles. The Morgan fingerprint density at radius 3 is 2.64 bits per heavy atom. The summed E-state index contributed by atoms with van der Waals surface area (Å²) in [6.45, 7) is 7.46. The summed E-state index contributed by atoms with van der Waals surface area (Å²) in [6, 6.07) is 0. The van der Waals surface area contributed by atoms with Gasteiger partial charge in [0.25, 0.3) is 0 Å². The minimum absolute atomic E-state index is 0.589. The highest BCUT2D eigenvalue weighted by molar-refractivity contribution is 5.23. The van der Waals surface area contributed by atoms with Crippen molar-refractivity contribution in [2.75, 3.05) is 0 Å². The molecule has 4 aliphatic carbocycles. The molecule has 3 unspecified atom stereocenters. The first-order valence-corrected chi connectivity index (χ1v) is 10.3. The predicted molar refractivity (Wildman–Crippen MR) is 94.6 cm³/mol. The normalized spacial score (nSPS) is 53.0. The number of hydrogen-bond acceptors (Lipinski definition) is 0. The molecule has 0 aromatic rings. The fourth-order valence-electron chi connectivity index (χ4n) is 7.52. The van der Waals surface area contributed by atoms with Crippen LogP contribution in [-0.4, -0.2) is 0 Å². The van der Waals surface area contributed by atoms with E-state index in [1.54, 1.807) is 32.1 Å². The summed E-state index contributed by atoms with van der Waals surface area (Å²) < 4.78 is 0. The smallest absolute Gasteiger partial charge is 0.00852 e. The largest absolute Gasteiger partial charge is 0.0850 e. The lowest BCUT2D eigenvalue weighted by atomic mass is 9.50. The molecule has 4 aliphatic rings. The van der Waals surface area contributed by atoms with Crippen LogP contribution in [0.4, 0.5) is 0 Å². The number of hydrogen-bond donors (Lipinski definition) is 0. The van der Waals surface area contributed by atoms with E-state index in [4.69, 9.17) is 0 Å². The van der Waals surface area contributed by atoms with Crippen LogP contribution in [0.1, 0.15) is 85.0 Å². The molecule has 7 atom stereocenters. The lowest BCUT2D eigenvalue weighted by Crippen LogP contribution is -2.47. The van der Waals surface area contributed by atoms with E-state index < -0.39 is 0 Å². The molecule has 0 spiro atoms. The Bertz CT molecular complexity index is 447. The van der Waals surface area contributed by atoms with Gasteiger partial charge in [-0.2, -0.15) is 0 Å². The molecule has 0 saturated heterocycles. The Labute approximate surface area is 138 Å². The zero-order chi connectivity index (χ0) is 15.3. The Morgan fingerprint density at radius 1 is 1.00 bits per heavy atom. The van der Waals surface area contributed by atoms with Crippen molar-refractivity contribution in [3.05, 3.63) is 11.6 Å². The summed E-state index contributed by atoms with van der Waals surface area (Å²) in [7, 11) is 0. The number of fused-ring (bicyclic) bond motifs is 5. The van der Waals surface area contributed by atoms with Gasteiger partial charge in [-0.25, -0.2) is 0 Å². The zero-order valence-corrected chi connectivity index (χ0v) is 15.1. The van der Waals surface area contributed by atoms with Crippen molar-refractivity contribution in [2.24, 2.45) is 40.9 Å². The van der Waals surface area contributed by atoms with Crippen molar-refractivity contribution >= 4 is 0 Å². The monoisotopic (exact) mass is 300 g/mol. The SMILES string of the molecule is CC/C=C1/CCC2[C@@H]3CCC4C[C@@H](C)CC[C@@H]4C3CC[C@]12C. The van der Waals surface area contributed by atoms with E-state index in [0.717, 1.165) is 35.5 Å². The van der Waals surface area contributed by atoms with Gasteiger partial charge in [0.2, 0.25) is 0 Å². The quantitative estimate of drug-likeness (QED) is 0.478. The van der Waals surface area contributed by atoms with Gasteiger partial charge in [0.1, 0.15) is 0 Å². The molecule has 0 N–H and O–H groups in total. The molecule has 124 valence electrons. The molecule has 0 aromatic carbocycles. The van der Waals surface area contributed by atoms with Gasteiger partial charge in [0.15, 0.2) is 0 Å². The lowest BCUT2D eigenvalue weighted by molar-refractivity contribution is -0.0471. The fourth-order valence-corrected chi connectivity index (χ4v) is 7.52. The first kappa shape index (κ1) is 15.3. The summed E-state index contributed by atoms with van der Waals surface area (Å²) >= 11 is 0. The Morgan fingerprint density at radius 2 is 1.82 bits per heavy atom. The van der Waals surface area contributed by atoms with E-state index in [9.17, 15) is 0 Å². The molecular formula is C22H36. The van der Waals surface area contributed by atoms with E-state index in [1.807, 2.05) is 5.57 Å². The molecule has 22 heavy (non-hydrogen) atoms. The third-order valence-electron chi connectivity index (χ3n) is 8.52. The van der Waals surface area contributed by atoms with Gasteiger partial charge in [-0.3, -0.25) is 0 Å². The molecule has 0 aromatic heterocycles. The molecule has 4 fully saturated rings. The van der Waals surface area contributed by atoms with E-state index in [-0.39, 0.29) is 0 Å². The summed E-state index contributed by atoms with van der Waals surface area (Å²) in [5.41, 5.74) is 2.43. The molecule has 0 nitrogen and oxygen atoms in total. The van der Waals surface area contributed by atoms with Gasteiger partial charge in [0, 0.05) is 0 Å². The van der Waals surface area contributed by atoms with E-state index >= 15 is 0 Å². The second-order valence-electron chi connectivity index (χ2n) is 9.49. The Kier molecular flexibility index (Phi) is 3.94. The second kappa shape index (κ2) is 5.67. The molecule has 4 rings (SSSR count). The summed E-state index contributed by atoms with van der Waals surface area (Å²) in [6.07, 6.45) is 17.6. The molecular weight excluding hydrogens is 264 g/mol. The maximum Gasteiger partial charge on any atom is -0.00852 e. The predicted octanol–water partition coefficient (Wildman–Crippen LogP) is 6.61. The molecule has 4 saturated carbocycles. The van der Waals surface area contributed by atoms with E-state index in [1.165, 1.54) is 32.1 Å². The van der Waals surface area contributed by atoms with Crippen LogP contribution in [0.3, 0.4) is 0 Å². The first-order valence-electron chi connectivity index (χ1n) is 10.3. The van der Waals surface area contributed by atoms with Gasteiger partial charge in [-0.1, -0.05) is 38.8 Å². The molecule has 0 radical (unpaired) electrons. The third kappa shape index (κ3) is 2.23. The highest BCUT2D eigenvalue weighted by Gasteiger charge is 2.54. The highest BCUT2D eigenvalue weighted by atomic mass is 14.6. The lowest BCUT2D eigenvalue weighted by Gasteiger charge is -2.55. The Hall–Kier alpha value is -0.260. The third-order valence-corrected chi connectivity index (χ3v) is 8.52. The number of rotatable bonds is 1. The van der Waals surface area contributed by atoms with Crippen molar-refractivity contribution in [1.29, 1.82) is 0 Å². The minimum Gasteiger partial charge on any atom is -0.0850 e. The van der Waals surface area contributed by atoms with E-state index in [2.05, 4.69) is 26.8 Å². The summed E-state index contributed by atoms with van der Waals surface area (Å²) in [5, 5.41) is 0. The average molecular weight is 301 g/mol. The Balaban J connectivity index is 1.56. The standard InChI is InChI=1S/C22H36/c1-4-5-17-8-11-21-20-10-7-16-14-15(2)6-9-18(16)19(20)12-13-22(17,21)3/h5,15-16,18-21H,4,6-14H2,1-3H3/b17-5-/t15-,16?,18-,19?,20+,21?,22+/m0/s1. The topological polar surface area (TPSA) is 0 Å². The molecule has 0 amide bonds. The van der Waals surface area contributed by atoms with Crippen LogP contribution in [-0.2, 0) is 0 Å². The van der Waals surface area contributed by atoms with Crippen molar-refractivity contribution in [3.8, 4) is 0 Å². The average Bonchev–Trinajstić information content (AvgIpc) is 2.84. The van der Waals surface area contributed by atoms with Gasteiger partial charge in [0.05, 0.1) is 0 Å². The fraction of sp³-hybridized carbons (Fsp3) is 0.909. The maximum atomic E-state index is 2.64. The van der Waals surface area contributed by atoms with Crippen LogP contribution in [0.15, 0.2) is 11.6 Å². The molecule has 0 bridgehead atoms. The zero-order valence-electron chi connectivity index (χ0n) is 15.1. The summed E-state index contributed by atoms with van der Waals surface area (Å²) in [5.74, 6) is 6.43. The van der Waals surface area contributed by atoms with E-state index in [0.29, 0.717) is 5.41 Å². The van der Waals surface area contributed by atoms with Gasteiger partial charge in [-0.05, 0) is 98.7 Å². The van der Waals surface area contributed by atoms with Gasteiger partial charge < -0.3 is 0 Å². The van der Waals surface area contributed by atoms with Crippen molar-refractivity contribution in [2.45, 2.75) is 85.0 Å². The van der Waals surface area contributed by atoms with Gasteiger partial charge in [-0.15, -0.1) is 0 Å². The first-order chi connectivity index (χ1) is 10.6. The minimum atomic E-state index is 0.589.